The molecule has 2 fully saturated rings. The van der Waals surface area contributed by atoms with Crippen LogP contribution in [0.5, 0.6) is 5.75 Å². The van der Waals surface area contributed by atoms with Crippen LogP contribution in [0.15, 0.2) is 59.6 Å². The van der Waals surface area contributed by atoms with Crippen LogP contribution in [0.4, 0.5) is 0 Å². The first-order chi connectivity index (χ1) is 36.6. The molecule has 1 heterocycles. The number of hydrogen-bond donors (Lipinski definition) is 12. The second kappa shape index (κ2) is 31.2. The van der Waals surface area contributed by atoms with Crippen molar-refractivity contribution in [3.8, 4) is 5.75 Å². The fourth-order valence-corrected chi connectivity index (χ4v) is 12.1. The standard InChI is InChI=1S/C51H75N13O11S2/c1-4-75-32-17-15-31(16-18-32)25-35-45(70)61-36(24-30-12-7-5-8-13-30)47(72)64-42(29(2)3)49(74)62-37(26-40(53)66)46(71)63-38(28-76-77-51(27-41(67)58-35)21-9-6-10-22-51)48(73)60-34(14-11-23-57-50(55)56)44(69)59-33(43(54)68)19-20-39(52)65/h5,7-8,12-13,15-18,29,33-38,42H,4,6,9-11,14,19-28H2,1-3H3,(H2,52,65)(H2,53,66)(H2,54,68)(H,58,67)(H,59,69)(H,60,73)(H,61,70)(H,62,74)(H,63,71)(H,64,72)(H4,55,56,57)/t33-,34-,35+,36-,37-,38-,42-/m0/s1. The van der Waals surface area contributed by atoms with Crippen LogP contribution in [-0.2, 0) is 60.8 Å². The number of carbonyl (C=O) groups is 10. The van der Waals surface area contributed by atoms with Gasteiger partial charge in [0.15, 0.2) is 5.96 Å². The smallest absolute Gasteiger partial charge is 0.244 e. The Morgan fingerprint density at radius 1 is 0.714 bits per heavy atom. The topological polar surface area (TPSA) is 407 Å². The third-order valence-electron chi connectivity index (χ3n) is 12.8. The third-order valence-corrected chi connectivity index (χ3v) is 16.1. The van der Waals surface area contributed by atoms with E-state index < -0.39 is 118 Å². The zero-order chi connectivity index (χ0) is 56.7. The van der Waals surface area contributed by atoms with Gasteiger partial charge in [0.1, 0.15) is 48.0 Å². The summed E-state index contributed by atoms with van der Waals surface area (Å²) in [7, 11) is 2.48. The monoisotopic (exact) mass is 1110 g/mol. The summed E-state index contributed by atoms with van der Waals surface area (Å²) < 4.78 is 4.88. The molecule has 77 heavy (non-hydrogen) atoms. The van der Waals surface area contributed by atoms with E-state index in [2.05, 4.69) is 42.2 Å². The van der Waals surface area contributed by atoms with Crippen LogP contribution >= 0.6 is 21.6 Å². The lowest BCUT2D eigenvalue weighted by Crippen LogP contribution is -2.61. The molecule has 0 bridgehead atoms. The predicted octanol–water partition coefficient (Wildman–Crippen LogP) is -0.912. The van der Waals surface area contributed by atoms with Crippen LogP contribution in [0.1, 0.15) is 103 Å². The van der Waals surface area contributed by atoms with E-state index in [0.29, 0.717) is 36.3 Å². The molecule has 1 spiro atoms. The van der Waals surface area contributed by atoms with Crippen molar-refractivity contribution in [2.45, 2.75) is 151 Å². The Morgan fingerprint density at radius 2 is 1.32 bits per heavy atom. The largest absolute Gasteiger partial charge is 0.494 e. The molecule has 2 aliphatic rings. The number of ether oxygens (including phenoxy) is 1. The normalized spacial score (nSPS) is 21.6. The average molecular weight is 1110 g/mol. The second-order valence-corrected chi connectivity index (χ2v) is 22.3. The molecule has 0 unspecified atom stereocenters. The van der Waals surface area contributed by atoms with Gasteiger partial charge in [0.2, 0.25) is 59.1 Å². The fourth-order valence-electron chi connectivity index (χ4n) is 8.72. The Kier molecular flexibility index (Phi) is 25.3. The van der Waals surface area contributed by atoms with Crippen molar-refractivity contribution in [2.24, 2.45) is 39.6 Å². The lowest BCUT2D eigenvalue weighted by Gasteiger charge is -2.36. The minimum Gasteiger partial charge on any atom is -0.494 e. The van der Waals surface area contributed by atoms with E-state index in [-0.39, 0.29) is 63.2 Å². The summed E-state index contributed by atoms with van der Waals surface area (Å²) in [5, 5.41) is 18.8. The lowest BCUT2D eigenvalue weighted by molar-refractivity contribution is -0.136. The number of nitrogens with zero attached hydrogens (tertiary/aromatic N) is 1. The van der Waals surface area contributed by atoms with Gasteiger partial charge in [-0.15, -0.1) is 0 Å². The summed E-state index contributed by atoms with van der Waals surface area (Å²) in [5.74, 6) is -8.85. The number of nitrogens with one attached hydrogen (secondary N) is 7. The van der Waals surface area contributed by atoms with Crippen molar-refractivity contribution in [2.75, 3.05) is 18.9 Å². The Labute approximate surface area is 456 Å². The molecule has 1 aliphatic carbocycles. The van der Waals surface area contributed by atoms with E-state index in [0.717, 1.165) is 30.1 Å². The Bertz CT molecular complexity index is 2410. The highest BCUT2D eigenvalue weighted by Crippen LogP contribution is 2.48. The van der Waals surface area contributed by atoms with Crippen LogP contribution in [0.2, 0.25) is 0 Å². The lowest BCUT2D eigenvalue weighted by atomic mass is 9.85. The van der Waals surface area contributed by atoms with Gasteiger partial charge in [-0.1, -0.05) is 97.2 Å². The number of carbonyl (C=O) groups excluding carboxylic acids is 10. The molecular formula is C51H75N13O11S2. The van der Waals surface area contributed by atoms with Crippen LogP contribution in [0.25, 0.3) is 0 Å². The highest BCUT2D eigenvalue weighted by Gasteiger charge is 2.40. The molecule has 2 aromatic rings. The van der Waals surface area contributed by atoms with Gasteiger partial charge in [-0.2, -0.15) is 0 Å². The van der Waals surface area contributed by atoms with Gasteiger partial charge in [0.25, 0.3) is 0 Å². The summed E-state index contributed by atoms with van der Waals surface area (Å²) in [5.41, 5.74) is 28.8. The molecule has 24 nitrogen and oxygen atoms in total. The highest BCUT2D eigenvalue weighted by molar-refractivity contribution is 8.77. The molecule has 7 atom stereocenters. The van der Waals surface area contributed by atoms with Crippen molar-refractivity contribution < 1.29 is 52.7 Å². The first-order valence-electron chi connectivity index (χ1n) is 25.7. The van der Waals surface area contributed by atoms with E-state index in [1.165, 1.54) is 10.8 Å². The average Bonchev–Trinajstić information content (AvgIpc) is 3.36. The fraction of sp³-hybridized carbons (Fsp3) is 0.549. The van der Waals surface area contributed by atoms with Crippen molar-refractivity contribution in [3.63, 3.8) is 0 Å². The van der Waals surface area contributed by atoms with Crippen LogP contribution in [0.3, 0.4) is 0 Å². The summed E-state index contributed by atoms with van der Waals surface area (Å²) in [4.78, 5) is 141. The number of amides is 10. The molecule has 1 saturated carbocycles. The maximum absolute atomic E-state index is 14.6. The first kappa shape index (κ1) is 62.4. The van der Waals surface area contributed by atoms with E-state index in [4.69, 9.17) is 33.4 Å². The van der Waals surface area contributed by atoms with Crippen LogP contribution < -0.4 is 70.6 Å². The van der Waals surface area contributed by atoms with Crippen molar-refractivity contribution in [1.29, 1.82) is 0 Å². The highest BCUT2D eigenvalue weighted by atomic mass is 33.1. The summed E-state index contributed by atoms with van der Waals surface area (Å²) in [6.45, 7) is 5.56. The minimum atomic E-state index is -1.70. The molecule has 2 aromatic carbocycles. The van der Waals surface area contributed by atoms with Gasteiger partial charge < -0.3 is 70.6 Å². The molecule has 26 heteroatoms. The van der Waals surface area contributed by atoms with Crippen LogP contribution in [0, 0.1) is 5.92 Å². The van der Waals surface area contributed by atoms with Crippen molar-refractivity contribution >= 4 is 86.6 Å². The molecular weight excluding hydrogens is 1030 g/mol. The van der Waals surface area contributed by atoms with Gasteiger partial charge >= 0.3 is 0 Å². The molecule has 0 radical (unpaired) electrons. The summed E-state index contributed by atoms with van der Waals surface area (Å²) >= 11 is 0. The molecule has 10 amide bonds. The molecule has 17 N–H and O–H groups in total. The van der Waals surface area contributed by atoms with Gasteiger partial charge in [0.05, 0.1) is 13.0 Å². The maximum atomic E-state index is 14.6. The van der Waals surface area contributed by atoms with Crippen LogP contribution in [-0.4, -0.2) is 131 Å². The van der Waals surface area contributed by atoms with Gasteiger partial charge in [0, 0.05) is 42.7 Å². The number of primary amides is 3. The van der Waals surface area contributed by atoms with E-state index in [9.17, 15) is 47.9 Å². The van der Waals surface area contributed by atoms with Crippen molar-refractivity contribution in [1.82, 2.24) is 37.2 Å². The number of guanidine groups is 1. The minimum absolute atomic E-state index is 0.0250. The van der Waals surface area contributed by atoms with E-state index >= 15 is 0 Å². The zero-order valence-corrected chi connectivity index (χ0v) is 45.4. The second-order valence-electron chi connectivity index (χ2n) is 19.4. The Balaban J connectivity index is 1.80. The molecule has 1 saturated heterocycles. The molecule has 422 valence electrons. The Hall–Kier alpha value is -7.09. The number of nitrogens with two attached hydrogens (primary N) is 5. The van der Waals surface area contributed by atoms with E-state index in [1.54, 1.807) is 68.4 Å². The summed E-state index contributed by atoms with van der Waals surface area (Å²) in [6.07, 6.45) is 2.19. The van der Waals surface area contributed by atoms with Gasteiger partial charge in [-0.25, -0.2) is 0 Å². The quantitative estimate of drug-likeness (QED) is 0.0312. The van der Waals surface area contributed by atoms with Gasteiger partial charge in [-0.3, -0.25) is 52.9 Å². The summed E-state index contributed by atoms with van der Waals surface area (Å²) in [6, 6.07) is 6.06. The maximum Gasteiger partial charge on any atom is 0.244 e. The number of hydrogen-bond acceptors (Lipinski definition) is 14. The number of rotatable bonds is 21. The first-order valence-corrected chi connectivity index (χ1v) is 28.0. The van der Waals surface area contributed by atoms with Gasteiger partial charge in [-0.05, 0) is 68.2 Å². The van der Waals surface area contributed by atoms with Crippen molar-refractivity contribution in [3.05, 3.63) is 65.7 Å². The Morgan fingerprint density at radius 3 is 1.92 bits per heavy atom. The zero-order valence-electron chi connectivity index (χ0n) is 43.8. The third kappa shape index (κ3) is 21.5. The van der Waals surface area contributed by atoms with E-state index in [1.807, 2.05) is 6.92 Å². The predicted molar refractivity (Wildman–Crippen MR) is 292 cm³/mol. The SMILES string of the molecule is CCOc1ccc(C[C@H]2NC(=O)CC3(CCCCC3)SSC[C@@H](C(=O)N[C@@H](CCCN=C(N)N)C(=O)N[C@@H](CCC(N)=O)C(N)=O)NC(=O)[C@H](CC(N)=O)NC(=O)[C@H](C(C)C)NC(=O)[C@H](Cc3ccccc3)NC2=O)cc1. The number of aliphatic imine (C=N–C) groups is 1. The molecule has 1 aliphatic heterocycles. The number of benzene rings is 2. The molecule has 4 rings (SSSR count). The molecule has 0 aromatic heterocycles.